The van der Waals surface area contributed by atoms with Crippen LogP contribution in [0.2, 0.25) is 0 Å². The number of phenols is 1. The summed E-state index contributed by atoms with van der Waals surface area (Å²) in [6, 6.07) is 9.34. The number of hydrogen-bond acceptors (Lipinski definition) is 7. The van der Waals surface area contributed by atoms with Crippen molar-refractivity contribution in [3.63, 3.8) is 0 Å². The number of anilines is 1. The number of non-ortho nitro benzene ring substituents is 2. The number of carbonyl (C=O) groups is 2. The van der Waals surface area contributed by atoms with Gasteiger partial charge in [-0.05, 0) is 41.5 Å². The first kappa shape index (κ1) is 20.2. The molecule has 0 unspecified atom stereocenters. The number of urea groups is 1. The van der Waals surface area contributed by atoms with E-state index in [1.165, 1.54) is 18.2 Å². The number of aromatic hydroxyl groups is 1. The van der Waals surface area contributed by atoms with Crippen LogP contribution >= 0.6 is 0 Å². The van der Waals surface area contributed by atoms with E-state index in [0.29, 0.717) is 10.9 Å². The molecule has 0 aromatic heterocycles. The molecule has 11 heteroatoms. The van der Waals surface area contributed by atoms with Gasteiger partial charge in [0.1, 0.15) is 5.75 Å². The van der Waals surface area contributed by atoms with Crippen LogP contribution in [0.3, 0.4) is 0 Å². The predicted octanol–water partition coefficient (Wildman–Crippen LogP) is 3.63. The number of imide groups is 1. The van der Waals surface area contributed by atoms with Crippen molar-refractivity contribution in [2.24, 2.45) is 0 Å². The van der Waals surface area contributed by atoms with E-state index in [2.05, 4.69) is 10.6 Å². The molecule has 0 spiro atoms. The Morgan fingerprint density at radius 2 is 1.57 bits per heavy atom. The molecule has 0 fully saturated rings. The summed E-state index contributed by atoms with van der Waals surface area (Å²) < 4.78 is 0. The average molecular weight is 410 g/mol. The Hall–Kier alpha value is -4.54. The zero-order valence-corrected chi connectivity index (χ0v) is 15.4. The van der Waals surface area contributed by atoms with E-state index in [-0.39, 0.29) is 17.0 Å². The summed E-state index contributed by atoms with van der Waals surface area (Å²) in [7, 11) is 0. The molecule has 0 aliphatic heterocycles. The molecule has 0 aliphatic rings. The van der Waals surface area contributed by atoms with Crippen LogP contribution < -0.4 is 10.6 Å². The highest BCUT2D eigenvalue weighted by Crippen LogP contribution is 2.27. The maximum absolute atomic E-state index is 12.4. The number of aryl methyl sites for hydroxylation is 1. The number of nitro groups is 2. The van der Waals surface area contributed by atoms with Crippen LogP contribution in [0, 0.1) is 27.2 Å². The number of phenolic OH excluding ortho intramolecular Hbond substituents is 1. The monoisotopic (exact) mass is 410 g/mol. The summed E-state index contributed by atoms with van der Waals surface area (Å²) in [4.78, 5) is 44.6. The molecule has 0 saturated heterocycles. The Kier molecular flexibility index (Phi) is 5.27. The number of nitrogens with one attached hydrogen (secondary N) is 2. The van der Waals surface area contributed by atoms with E-state index in [0.717, 1.165) is 23.6 Å². The zero-order valence-electron chi connectivity index (χ0n) is 15.4. The van der Waals surface area contributed by atoms with Crippen LogP contribution in [0.4, 0.5) is 21.9 Å². The maximum atomic E-state index is 12.4. The Morgan fingerprint density at radius 1 is 0.933 bits per heavy atom. The SMILES string of the molecule is Cc1c(O)ccc2cc(C(=O)NC(=O)Nc3cc([N+](=O)[O-])cc([N+](=O)[O-])c3)ccc12. The third-order valence-electron chi connectivity index (χ3n) is 4.33. The highest BCUT2D eigenvalue weighted by molar-refractivity contribution is 6.09. The van der Waals surface area contributed by atoms with Gasteiger partial charge in [0.2, 0.25) is 0 Å². The zero-order chi connectivity index (χ0) is 22.0. The molecular weight excluding hydrogens is 396 g/mol. The van der Waals surface area contributed by atoms with Crippen molar-refractivity contribution in [3.05, 3.63) is 79.9 Å². The molecule has 0 aliphatic carbocycles. The van der Waals surface area contributed by atoms with Crippen LogP contribution in [0.25, 0.3) is 10.8 Å². The summed E-state index contributed by atoms with van der Waals surface area (Å²) in [5, 5.41) is 37.2. The van der Waals surface area contributed by atoms with Gasteiger partial charge in [-0.25, -0.2) is 4.79 Å². The fraction of sp³-hybridized carbons (Fsp3) is 0.0526. The maximum Gasteiger partial charge on any atom is 0.326 e. The number of carbonyl (C=O) groups excluding carboxylic acids is 2. The predicted molar refractivity (Wildman–Crippen MR) is 107 cm³/mol. The average Bonchev–Trinajstić information content (AvgIpc) is 2.70. The van der Waals surface area contributed by atoms with Gasteiger partial charge in [-0.2, -0.15) is 0 Å². The first-order valence-electron chi connectivity index (χ1n) is 8.44. The lowest BCUT2D eigenvalue weighted by Gasteiger charge is -2.09. The lowest BCUT2D eigenvalue weighted by molar-refractivity contribution is -0.394. The van der Waals surface area contributed by atoms with Gasteiger partial charge in [0.05, 0.1) is 21.6 Å². The summed E-state index contributed by atoms with van der Waals surface area (Å²) >= 11 is 0. The number of hydrogen-bond donors (Lipinski definition) is 3. The number of rotatable bonds is 4. The second kappa shape index (κ2) is 7.83. The van der Waals surface area contributed by atoms with Crippen LogP contribution in [-0.4, -0.2) is 26.9 Å². The van der Waals surface area contributed by atoms with Gasteiger partial charge < -0.3 is 10.4 Å². The minimum absolute atomic E-state index is 0.116. The minimum Gasteiger partial charge on any atom is -0.508 e. The number of fused-ring (bicyclic) bond motifs is 1. The molecule has 3 aromatic carbocycles. The fourth-order valence-electron chi connectivity index (χ4n) is 2.83. The molecule has 0 heterocycles. The molecule has 3 amide bonds. The first-order valence-corrected chi connectivity index (χ1v) is 8.44. The van der Waals surface area contributed by atoms with E-state index >= 15 is 0 Å². The third kappa shape index (κ3) is 4.14. The number of nitro benzene ring substituents is 2. The molecule has 0 bridgehead atoms. The van der Waals surface area contributed by atoms with Crippen LogP contribution in [0.1, 0.15) is 15.9 Å². The molecule has 0 atom stereocenters. The largest absolute Gasteiger partial charge is 0.508 e. The first-order chi connectivity index (χ1) is 14.2. The molecular formula is C19H14N4O7. The van der Waals surface area contributed by atoms with Gasteiger partial charge in [-0.1, -0.05) is 12.1 Å². The second-order valence-electron chi connectivity index (χ2n) is 6.31. The lowest BCUT2D eigenvalue weighted by Crippen LogP contribution is -2.34. The summed E-state index contributed by atoms with van der Waals surface area (Å²) in [5.74, 6) is -0.634. The van der Waals surface area contributed by atoms with Crippen LogP contribution in [-0.2, 0) is 0 Å². The third-order valence-corrected chi connectivity index (χ3v) is 4.33. The van der Waals surface area contributed by atoms with Crippen molar-refractivity contribution in [3.8, 4) is 5.75 Å². The topological polar surface area (TPSA) is 165 Å². The van der Waals surface area contributed by atoms with Crippen molar-refractivity contribution in [1.29, 1.82) is 0 Å². The number of nitrogens with zero attached hydrogens (tertiary/aromatic N) is 2. The van der Waals surface area contributed by atoms with E-state index in [1.54, 1.807) is 19.1 Å². The molecule has 3 N–H and O–H groups in total. The Bertz CT molecular complexity index is 1190. The Morgan fingerprint density at radius 3 is 2.17 bits per heavy atom. The number of amides is 3. The molecule has 3 rings (SSSR count). The van der Waals surface area contributed by atoms with E-state index in [9.17, 15) is 34.9 Å². The molecule has 11 nitrogen and oxygen atoms in total. The fourth-order valence-corrected chi connectivity index (χ4v) is 2.83. The lowest BCUT2D eigenvalue weighted by atomic mass is 10.0. The van der Waals surface area contributed by atoms with Crippen molar-refractivity contribution in [1.82, 2.24) is 5.32 Å². The van der Waals surface area contributed by atoms with E-state index in [4.69, 9.17) is 0 Å². The van der Waals surface area contributed by atoms with Gasteiger partial charge >= 0.3 is 6.03 Å². The van der Waals surface area contributed by atoms with Gasteiger partial charge in [-0.15, -0.1) is 0 Å². The summed E-state index contributed by atoms with van der Waals surface area (Å²) in [6.07, 6.45) is 0. The van der Waals surface area contributed by atoms with Crippen molar-refractivity contribution >= 4 is 39.8 Å². The molecule has 3 aromatic rings. The molecule has 0 saturated carbocycles. The highest BCUT2D eigenvalue weighted by Gasteiger charge is 2.18. The number of benzene rings is 3. The van der Waals surface area contributed by atoms with E-state index < -0.39 is 33.2 Å². The smallest absolute Gasteiger partial charge is 0.326 e. The summed E-state index contributed by atoms with van der Waals surface area (Å²) in [5.41, 5.74) is -0.582. The molecule has 30 heavy (non-hydrogen) atoms. The normalized spacial score (nSPS) is 10.4. The van der Waals surface area contributed by atoms with Crippen LogP contribution in [0.15, 0.2) is 48.5 Å². The van der Waals surface area contributed by atoms with Crippen molar-refractivity contribution in [2.75, 3.05) is 5.32 Å². The molecule has 0 radical (unpaired) electrons. The van der Waals surface area contributed by atoms with Gasteiger partial charge in [0.25, 0.3) is 17.3 Å². The minimum atomic E-state index is -1.02. The Labute approximate surface area is 168 Å². The van der Waals surface area contributed by atoms with Gasteiger partial charge in [-0.3, -0.25) is 30.3 Å². The quantitative estimate of drug-likeness (QED) is 0.436. The van der Waals surface area contributed by atoms with Crippen molar-refractivity contribution < 1.29 is 24.5 Å². The Balaban J connectivity index is 1.79. The van der Waals surface area contributed by atoms with Crippen molar-refractivity contribution in [2.45, 2.75) is 6.92 Å². The highest BCUT2D eigenvalue weighted by atomic mass is 16.6. The summed E-state index contributed by atoms with van der Waals surface area (Å²) in [6.45, 7) is 1.73. The van der Waals surface area contributed by atoms with E-state index in [1.807, 2.05) is 0 Å². The second-order valence-corrected chi connectivity index (χ2v) is 6.31. The van der Waals surface area contributed by atoms with Gasteiger partial charge in [0, 0.05) is 17.7 Å². The van der Waals surface area contributed by atoms with Crippen LogP contribution in [0.5, 0.6) is 5.75 Å². The van der Waals surface area contributed by atoms with Gasteiger partial charge in [0.15, 0.2) is 0 Å². The standard InChI is InChI=1S/C19H14N4O7/c1-10-16-4-2-12(6-11(16)3-5-17(10)24)18(25)21-19(26)20-13-7-14(22(27)28)9-15(8-13)23(29)30/h2-9,24H,1H3,(H2,20,21,25,26). The molecule has 152 valence electrons.